The zero-order valence-electron chi connectivity index (χ0n) is 3.11. The fourth-order valence-electron chi connectivity index (χ4n) is 0. The molecule has 0 aliphatic rings. The van der Waals surface area contributed by atoms with Crippen LogP contribution in [-0.2, 0) is 0 Å². The Kier molecular flexibility index (Phi) is 14700. The van der Waals surface area contributed by atoms with Crippen LogP contribution in [0.15, 0.2) is 0 Å². The van der Waals surface area contributed by atoms with E-state index in [1.165, 1.54) is 0 Å². The highest BCUT2D eigenvalue weighted by Crippen LogP contribution is 0.741. The lowest BCUT2D eigenvalue weighted by Crippen LogP contribution is -1.29. The first-order chi connectivity index (χ1) is 3.00. The molecule has 0 heterocycles. The molecule has 0 spiro atoms. The van der Waals surface area contributed by atoms with Crippen molar-refractivity contribution < 1.29 is 26.5 Å². The van der Waals surface area contributed by atoms with E-state index in [1.54, 1.807) is 0 Å². The van der Waals surface area contributed by atoms with E-state index in [0.717, 1.165) is 0 Å². The zero-order chi connectivity index (χ0) is 6.00. The van der Waals surface area contributed by atoms with Crippen LogP contribution in [0.5, 0.6) is 0 Å². The summed E-state index contributed by atoms with van der Waals surface area (Å²) in [6.07, 6.45) is 0. The Morgan fingerprint density at radius 1 is 0.600 bits per heavy atom. The monoisotopic (exact) mass is 166 g/mol. The Balaban J connectivity index is -0.00000000225. The quantitative estimate of drug-likeness (QED) is 0.314. The summed E-state index contributed by atoms with van der Waals surface area (Å²) >= 11 is 0. The van der Waals surface area contributed by atoms with Crippen LogP contribution in [0.4, 0.5) is 0 Å². The second kappa shape index (κ2) is 1280. The van der Waals surface area contributed by atoms with Gasteiger partial charge < -0.3 is 5.48 Å². The smallest absolute Gasteiger partial charge is 0 e. The second-order valence-corrected chi connectivity index (χ2v) is 0. The van der Waals surface area contributed by atoms with Gasteiger partial charge in [0.15, 0.2) is 0 Å². The minimum Gasteiger partial charge on any atom is -0.412 e. The van der Waals surface area contributed by atoms with Gasteiger partial charge >= 0.3 is 0 Å². The van der Waals surface area contributed by atoms with Crippen LogP contribution in [0, 0.1) is 9.93 Å². The third-order valence-corrected chi connectivity index (χ3v) is 0. The molecule has 72 valence electrons. The predicted molar refractivity (Wildman–Crippen MR) is 41.1 cm³/mol. The fraction of sp³-hybridized carbons (Fsp3) is 1.00. The van der Waals surface area contributed by atoms with Gasteiger partial charge in [0.05, 0.1) is 0 Å². The molecule has 0 aromatic heterocycles. The molecule has 0 unspecified atom stereocenters. The van der Waals surface area contributed by atoms with Gasteiger partial charge in [-0.15, -0.1) is 0 Å². The van der Waals surface area contributed by atoms with Crippen molar-refractivity contribution in [1.82, 2.24) is 0 Å². The van der Waals surface area contributed by atoms with E-state index in [2.05, 4.69) is 0 Å². The first kappa shape index (κ1) is 115. The molecule has 0 rings (SSSR count). The highest BCUT2D eigenvalue weighted by molar-refractivity contribution is 4.07. The van der Waals surface area contributed by atoms with Crippen LogP contribution >= 0.6 is 0 Å². The van der Waals surface area contributed by atoms with E-state index < -0.39 is 0 Å². The summed E-state index contributed by atoms with van der Waals surface area (Å²) in [4.78, 5) is 14.0. The molecular weight excluding hydrogens is 148 g/mol. The van der Waals surface area contributed by atoms with Crippen LogP contribution in [0.2, 0.25) is 0 Å². The van der Waals surface area contributed by atoms with E-state index in [1.807, 2.05) is 0 Å². The van der Waals surface area contributed by atoms with Crippen molar-refractivity contribution in [1.29, 1.82) is 0 Å². The largest absolute Gasteiger partial charge is 0.412 e. The molecule has 0 aliphatic heterocycles. The molecule has 7 nitrogen and oxygen atoms in total. The van der Waals surface area contributed by atoms with Crippen molar-refractivity contribution in [2.75, 3.05) is 0 Å². The molecule has 10 heavy (non-hydrogen) atoms. The lowest BCUT2D eigenvalue weighted by molar-refractivity contribution is -0.176. The molecule has 0 aromatic carbocycles. The van der Waals surface area contributed by atoms with Crippen molar-refractivity contribution in [3.05, 3.63) is 9.93 Å². The Morgan fingerprint density at radius 3 is 0.600 bits per heavy atom. The normalized spacial score (nSPS) is 1.60. The summed E-state index contributed by atoms with van der Waals surface area (Å²) in [5, 5.41) is 24.0. The van der Waals surface area contributed by atoms with E-state index in [9.17, 15) is 0 Å². The Bertz CT molecular complexity index is 8.81. The number of rotatable bonds is 0. The Morgan fingerprint density at radius 2 is 0.600 bits per heavy atom. The minimum atomic E-state index is 0. The van der Waals surface area contributed by atoms with Crippen LogP contribution in [-0.4, -0.2) is 26.5 Å². The molecule has 0 saturated carbocycles. The maximum absolute atomic E-state index is 7.00. The van der Waals surface area contributed by atoms with Crippen LogP contribution in [0.1, 0.15) is 22.3 Å². The molecule has 0 bridgehead atoms. The molecule has 0 aromatic rings. The van der Waals surface area contributed by atoms with Gasteiger partial charge in [0.25, 0.3) is 0 Å². The van der Waals surface area contributed by atoms with Gasteiger partial charge in [0.2, 0.25) is 0 Å². The molecule has 0 saturated heterocycles. The lowest BCUT2D eigenvalue weighted by atomic mass is 12.0. The number of hydrogen-bond acceptors (Lipinski definition) is 6. The van der Waals surface area contributed by atoms with Crippen molar-refractivity contribution in [2.24, 2.45) is 0 Å². The van der Waals surface area contributed by atoms with Crippen molar-refractivity contribution in [2.45, 2.75) is 22.3 Å². The summed E-state index contributed by atoms with van der Waals surface area (Å²) in [5.41, 5.74) is 0. The molecule has 0 fully saturated rings. The van der Waals surface area contributed by atoms with Gasteiger partial charge in [0, 0.05) is 9.93 Å². The summed E-state index contributed by atoms with van der Waals surface area (Å²) in [7, 11) is 0. The van der Waals surface area contributed by atoms with Crippen molar-refractivity contribution in [3.8, 4) is 0 Å². The summed E-state index contributed by atoms with van der Waals surface area (Å²) < 4.78 is 0. The summed E-state index contributed by atoms with van der Waals surface area (Å²) in [6.45, 7) is 0. The maximum Gasteiger partial charge on any atom is 0 e. The lowest BCUT2D eigenvalue weighted by Gasteiger charge is -1.25. The first-order valence-corrected chi connectivity index (χ1v) is 0.567. The Labute approximate surface area is 59.9 Å². The van der Waals surface area contributed by atoms with E-state index in [-0.39, 0.29) is 27.8 Å². The average molecular weight is 166 g/mol. The van der Waals surface area contributed by atoms with Crippen molar-refractivity contribution in [3.63, 3.8) is 0 Å². The van der Waals surface area contributed by atoms with E-state index in [0.29, 0.717) is 0 Å². The highest BCUT2D eigenvalue weighted by Gasteiger charge is 0.748. The topological polar surface area (TPSA) is 147 Å². The molecule has 7 heteroatoms. The van der Waals surface area contributed by atoms with E-state index >= 15 is 0 Å². The zero-order valence-corrected chi connectivity index (χ0v) is 3.11. The van der Waals surface area contributed by atoms with Gasteiger partial charge in [-0.3, -0.25) is 21.0 Å². The van der Waals surface area contributed by atoms with Gasteiger partial charge in [-0.25, -0.2) is 0 Å². The van der Waals surface area contributed by atoms with Crippen LogP contribution in [0.25, 0.3) is 0 Å². The number of hydrogen-bond donors (Lipinski definition) is 4. The molecule has 0 atom stereocenters. The third kappa shape index (κ3) is 842. The van der Waals surface area contributed by atoms with Gasteiger partial charge in [0.1, 0.15) is 0 Å². The third-order valence-electron chi connectivity index (χ3n) is 0. The predicted octanol–water partition coefficient (Wildman–Crippen LogP) is 1.19. The van der Waals surface area contributed by atoms with Gasteiger partial charge in [-0.2, -0.15) is 0 Å². The first-order valence-electron chi connectivity index (χ1n) is 0.567. The molecule has 0 amide bonds. The van der Waals surface area contributed by atoms with Crippen LogP contribution in [0.3, 0.4) is 0 Å². The fourth-order valence-corrected chi connectivity index (χ4v) is 0. The molecule has 6 N–H and O–H groups in total. The summed E-state index contributed by atoms with van der Waals surface area (Å²) in [5.74, 6) is 0. The summed E-state index contributed by atoms with van der Waals surface area (Å²) in [6, 6.07) is 0. The van der Waals surface area contributed by atoms with Crippen LogP contribution < -0.4 is 0 Å². The SMILES string of the molecule is C.C.C.O.O=O.OO.OO. The van der Waals surface area contributed by atoms with Gasteiger partial charge in [-0.05, 0) is 0 Å². The van der Waals surface area contributed by atoms with Crippen molar-refractivity contribution >= 4 is 0 Å². The standard InChI is InChI=1S/3CH4.2H2O2.O2.H2O/c;;;3*1-2;/h3*1H4;2*1-2H;;1H2. The Hall–Kier alpha value is -0.600. The molecule has 0 aliphatic carbocycles. The molecular formula is C3H18O7. The highest BCUT2D eigenvalue weighted by atomic mass is 17.0. The molecule has 0 radical (unpaired) electrons. The average Bonchev–Trinajstić information content (AvgIpc) is 1.81. The van der Waals surface area contributed by atoms with Gasteiger partial charge in [-0.1, -0.05) is 22.3 Å². The second-order valence-electron chi connectivity index (χ2n) is 0. The van der Waals surface area contributed by atoms with E-state index in [4.69, 9.17) is 31.0 Å². The maximum atomic E-state index is 7.00. The minimum absolute atomic E-state index is 0.